The van der Waals surface area contributed by atoms with Crippen molar-refractivity contribution in [1.82, 2.24) is 10.2 Å². The number of thioether (sulfide) groups is 1. The van der Waals surface area contributed by atoms with Crippen LogP contribution in [0.25, 0.3) is 0 Å². The summed E-state index contributed by atoms with van der Waals surface area (Å²) in [5, 5.41) is 3.18. The summed E-state index contributed by atoms with van der Waals surface area (Å²) in [6.45, 7) is 1.69. The molecular weight excluding hydrogens is 184 g/mol. The highest BCUT2D eigenvalue weighted by Gasteiger charge is 2.22. The zero-order valence-electron chi connectivity index (χ0n) is 8.38. The van der Waals surface area contributed by atoms with E-state index in [1.165, 1.54) is 6.42 Å². The molecule has 1 N–H and O–H groups in total. The summed E-state index contributed by atoms with van der Waals surface area (Å²) in [6.07, 6.45) is 2.24. The summed E-state index contributed by atoms with van der Waals surface area (Å²) in [4.78, 5) is 13.5. The van der Waals surface area contributed by atoms with Crippen LogP contribution in [0.2, 0.25) is 0 Å². The lowest BCUT2D eigenvalue weighted by Crippen LogP contribution is -2.36. The summed E-state index contributed by atoms with van der Waals surface area (Å²) < 4.78 is 0. The minimum Gasteiger partial charge on any atom is -0.354 e. The van der Waals surface area contributed by atoms with Crippen LogP contribution in [0, 0.1) is 0 Å². The molecule has 1 aliphatic heterocycles. The number of hydrogen-bond acceptors (Lipinski definition) is 3. The highest BCUT2D eigenvalue weighted by atomic mass is 32.2. The zero-order valence-corrected chi connectivity index (χ0v) is 9.19. The van der Waals surface area contributed by atoms with Crippen molar-refractivity contribution in [2.24, 2.45) is 0 Å². The Balaban J connectivity index is 2.10. The van der Waals surface area contributed by atoms with Crippen LogP contribution in [-0.2, 0) is 4.79 Å². The van der Waals surface area contributed by atoms with Gasteiger partial charge >= 0.3 is 0 Å². The predicted octanol–water partition coefficient (Wildman–Crippen LogP) is 0.560. The summed E-state index contributed by atoms with van der Waals surface area (Å²) in [5.74, 6) is 1.37. The third kappa shape index (κ3) is 4.00. The predicted molar refractivity (Wildman–Crippen MR) is 57.0 cm³/mol. The Morgan fingerprint density at radius 3 is 2.92 bits per heavy atom. The Morgan fingerprint density at radius 2 is 2.38 bits per heavy atom. The number of amides is 1. The second-order valence-corrected chi connectivity index (χ2v) is 4.91. The molecule has 4 heteroatoms. The van der Waals surface area contributed by atoms with Crippen LogP contribution in [0.4, 0.5) is 0 Å². The number of carbonyl (C=O) groups excluding carboxylic acids is 1. The number of carbonyl (C=O) groups is 1. The minimum absolute atomic E-state index is 0.224. The SMILES string of the molecule is CN(C)CCNC(=O)C1CCCS1. The van der Waals surface area contributed by atoms with Gasteiger partial charge in [0, 0.05) is 13.1 Å². The van der Waals surface area contributed by atoms with Crippen molar-refractivity contribution >= 4 is 17.7 Å². The second kappa shape index (κ2) is 5.50. The third-order valence-corrected chi connectivity index (χ3v) is 3.46. The van der Waals surface area contributed by atoms with Crippen LogP contribution in [0.15, 0.2) is 0 Å². The molecule has 1 unspecified atom stereocenters. The maximum atomic E-state index is 11.5. The average molecular weight is 202 g/mol. The van der Waals surface area contributed by atoms with Gasteiger partial charge in [0.05, 0.1) is 5.25 Å². The van der Waals surface area contributed by atoms with Gasteiger partial charge in [0.25, 0.3) is 0 Å². The molecule has 1 amide bonds. The maximum absolute atomic E-state index is 11.5. The molecule has 1 aliphatic rings. The molecule has 0 bridgehead atoms. The van der Waals surface area contributed by atoms with Crippen molar-refractivity contribution < 1.29 is 4.79 Å². The first-order valence-electron chi connectivity index (χ1n) is 4.74. The standard InChI is InChI=1S/C9H18N2OS/c1-11(2)6-5-10-9(12)8-4-3-7-13-8/h8H,3-7H2,1-2H3,(H,10,12). The fourth-order valence-corrected chi connectivity index (χ4v) is 2.49. The molecule has 0 aliphatic carbocycles. The van der Waals surface area contributed by atoms with E-state index in [0.29, 0.717) is 0 Å². The van der Waals surface area contributed by atoms with Crippen molar-refractivity contribution in [3.8, 4) is 0 Å². The van der Waals surface area contributed by atoms with Crippen molar-refractivity contribution in [1.29, 1.82) is 0 Å². The molecule has 1 atom stereocenters. The molecule has 3 nitrogen and oxygen atoms in total. The fourth-order valence-electron chi connectivity index (χ4n) is 1.30. The van der Waals surface area contributed by atoms with Crippen LogP contribution in [-0.4, -0.2) is 49.0 Å². The van der Waals surface area contributed by atoms with E-state index in [0.717, 1.165) is 25.3 Å². The Kier molecular flexibility index (Phi) is 4.59. The quantitative estimate of drug-likeness (QED) is 0.723. The van der Waals surface area contributed by atoms with E-state index in [4.69, 9.17) is 0 Å². The number of nitrogens with one attached hydrogen (secondary N) is 1. The van der Waals surface area contributed by atoms with Gasteiger partial charge in [0.2, 0.25) is 5.91 Å². The normalized spacial score (nSPS) is 22.2. The van der Waals surface area contributed by atoms with Crippen molar-refractivity contribution in [2.45, 2.75) is 18.1 Å². The molecule has 13 heavy (non-hydrogen) atoms. The maximum Gasteiger partial charge on any atom is 0.233 e. The lowest BCUT2D eigenvalue weighted by molar-refractivity contribution is -0.120. The minimum atomic E-state index is 0.224. The molecule has 0 radical (unpaired) electrons. The van der Waals surface area contributed by atoms with Crippen LogP contribution in [0.1, 0.15) is 12.8 Å². The molecule has 1 heterocycles. The molecule has 0 spiro atoms. The Morgan fingerprint density at radius 1 is 1.62 bits per heavy atom. The monoisotopic (exact) mass is 202 g/mol. The molecule has 1 fully saturated rings. The molecule has 1 rings (SSSR count). The van der Waals surface area contributed by atoms with Gasteiger partial charge in [0.15, 0.2) is 0 Å². The summed E-state index contributed by atoms with van der Waals surface area (Å²) in [5.41, 5.74) is 0. The van der Waals surface area contributed by atoms with Gasteiger partial charge in [-0.1, -0.05) is 0 Å². The van der Waals surface area contributed by atoms with Gasteiger partial charge < -0.3 is 10.2 Å². The van der Waals surface area contributed by atoms with E-state index in [1.54, 1.807) is 11.8 Å². The number of likely N-dealkylation sites (N-methyl/N-ethyl adjacent to an activating group) is 1. The molecule has 0 aromatic carbocycles. The van der Waals surface area contributed by atoms with Gasteiger partial charge in [-0.2, -0.15) is 0 Å². The highest BCUT2D eigenvalue weighted by molar-refractivity contribution is 8.00. The van der Waals surface area contributed by atoms with Gasteiger partial charge in [0.1, 0.15) is 0 Å². The average Bonchev–Trinajstić information content (AvgIpc) is 2.55. The van der Waals surface area contributed by atoms with Gasteiger partial charge in [-0.15, -0.1) is 11.8 Å². The highest BCUT2D eigenvalue weighted by Crippen LogP contribution is 2.25. The topological polar surface area (TPSA) is 32.3 Å². The Hall–Kier alpha value is -0.220. The van der Waals surface area contributed by atoms with Crippen LogP contribution < -0.4 is 5.32 Å². The van der Waals surface area contributed by atoms with E-state index in [9.17, 15) is 4.79 Å². The summed E-state index contributed by atoms with van der Waals surface area (Å²) in [7, 11) is 4.02. The van der Waals surface area contributed by atoms with Gasteiger partial charge in [-0.3, -0.25) is 4.79 Å². The van der Waals surface area contributed by atoms with Crippen molar-refractivity contribution in [2.75, 3.05) is 32.9 Å². The Labute approximate surface area is 84.2 Å². The Bertz CT molecular complexity index is 167. The number of hydrogen-bond donors (Lipinski definition) is 1. The molecule has 1 saturated heterocycles. The van der Waals surface area contributed by atoms with E-state index in [-0.39, 0.29) is 11.2 Å². The van der Waals surface area contributed by atoms with Gasteiger partial charge in [-0.05, 0) is 32.7 Å². The second-order valence-electron chi connectivity index (χ2n) is 3.60. The van der Waals surface area contributed by atoms with Gasteiger partial charge in [-0.25, -0.2) is 0 Å². The molecule has 76 valence electrons. The number of nitrogens with zero attached hydrogens (tertiary/aromatic N) is 1. The van der Waals surface area contributed by atoms with E-state index < -0.39 is 0 Å². The summed E-state index contributed by atoms with van der Waals surface area (Å²) in [6, 6.07) is 0. The molecule has 0 aromatic rings. The van der Waals surface area contributed by atoms with Crippen LogP contribution >= 0.6 is 11.8 Å². The lowest BCUT2D eigenvalue weighted by Gasteiger charge is -2.12. The first kappa shape index (κ1) is 10.9. The first-order valence-corrected chi connectivity index (χ1v) is 5.79. The smallest absolute Gasteiger partial charge is 0.233 e. The van der Waals surface area contributed by atoms with Crippen LogP contribution in [0.3, 0.4) is 0 Å². The van der Waals surface area contributed by atoms with E-state index >= 15 is 0 Å². The van der Waals surface area contributed by atoms with Crippen LogP contribution in [0.5, 0.6) is 0 Å². The van der Waals surface area contributed by atoms with E-state index in [1.807, 2.05) is 14.1 Å². The lowest BCUT2D eigenvalue weighted by atomic mass is 10.2. The molecule has 0 saturated carbocycles. The third-order valence-electron chi connectivity index (χ3n) is 2.08. The largest absolute Gasteiger partial charge is 0.354 e. The number of rotatable bonds is 4. The fraction of sp³-hybridized carbons (Fsp3) is 0.889. The first-order chi connectivity index (χ1) is 6.20. The van der Waals surface area contributed by atoms with Crippen molar-refractivity contribution in [3.63, 3.8) is 0 Å². The van der Waals surface area contributed by atoms with Crippen molar-refractivity contribution in [3.05, 3.63) is 0 Å². The van der Waals surface area contributed by atoms with E-state index in [2.05, 4.69) is 10.2 Å². The molecule has 0 aromatic heterocycles. The zero-order chi connectivity index (χ0) is 9.68. The summed E-state index contributed by atoms with van der Waals surface area (Å²) >= 11 is 1.78. The molecular formula is C9H18N2OS.